The van der Waals surface area contributed by atoms with Crippen LogP contribution in [0.4, 0.5) is 5.69 Å². The number of aliphatic imine (C=N–C) groups is 1. The molecule has 32 heavy (non-hydrogen) atoms. The molecule has 0 radical (unpaired) electrons. The number of methoxy groups -OCH3 is 1. The molecule has 1 aliphatic rings. The Hall–Kier alpha value is -3.84. The Morgan fingerprint density at radius 1 is 1.22 bits per heavy atom. The van der Waals surface area contributed by atoms with Crippen LogP contribution in [0.1, 0.15) is 25.0 Å². The Balaban J connectivity index is 1.90. The first-order chi connectivity index (χ1) is 15.4. The van der Waals surface area contributed by atoms with Crippen LogP contribution in [-0.2, 0) is 4.79 Å². The maximum absolute atomic E-state index is 12.7. The maximum atomic E-state index is 12.7. The van der Waals surface area contributed by atoms with E-state index in [0.717, 1.165) is 11.6 Å². The Kier molecular flexibility index (Phi) is 7.12. The van der Waals surface area contributed by atoms with Gasteiger partial charge >= 0.3 is 0 Å². The van der Waals surface area contributed by atoms with Crippen LogP contribution in [0.15, 0.2) is 46.3 Å². The zero-order valence-corrected chi connectivity index (χ0v) is 18.5. The summed E-state index contributed by atoms with van der Waals surface area (Å²) in [5.41, 5.74) is 0.555. The first-order valence-electron chi connectivity index (χ1n) is 9.72. The number of nitro benzene ring substituents is 1. The fraction of sp³-hybridized carbons (Fsp3) is 0.227. The average molecular weight is 452 g/mol. The highest BCUT2D eigenvalue weighted by atomic mass is 32.2. The van der Waals surface area contributed by atoms with Crippen molar-refractivity contribution in [2.45, 2.75) is 13.8 Å². The lowest BCUT2D eigenvalue weighted by Gasteiger charge is -2.12. The number of hydrogen-bond donors (Lipinski definition) is 0. The molecule has 0 bridgehead atoms. The summed E-state index contributed by atoms with van der Waals surface area (Å²) in [4.78, 5) is 29.6. The van der Waals surface area contributed by atoms with Gasteiger partial charge in [0.15, 0.2) is 16.7 Å². The molecule has 1 heterocycles. The summed E-state index contributed by atoms with van der Waals surface area (Å²) in [5.74, 6) is 0.775. The van der Waals surface area contributed by atoms with Crippen molar-refractivity contribution < 1.29 is 19.2 Å². The summed E-state index contributed by atoms with van der Waals surface area (Å²) in [6.45, 7) is 4.94. The molecule has 1 amide bonds. The fourth-order valence-electron chi connectivity index (χ4n) is 2.98. The van der Waals surface area contributed by atoms with Crippen molar-refractivity contribution in [3.05, 3.63) is 62.5 Å². The van der Waals surface area contributed by atoms with Crippen molar-refractivity contribution >= 4 is 34.6 Å². The van der Waals surface area contributed by atoms with Gasteiger partial charge in [0.2, 0.25) is 0 Å². The Labute approximate surface area is 189 Å². The van der Waals surface area contributed by atoms with E-state index in [9.17, 15) is 20.2 Å². The molecule has 0 atom stereocenters. The molecule has 0 saturated carbocycles. The second-order valence-corrected chi connectivity index (χ2v) is 7.49. The lowest BCUT2D eigenvalue weighted by molar-refractivity contribution is -0.384. The van der Waals surface area contributed by atoms with Crippen molar-refractivity contribution in [2.24, 2.45) is 4.99 Å². The third-order valence-corrected chi connectivity index (χ3v) is 5.54. The predicted octanol–water partition coefficient (Wildman–Crippen LogP) is 4.58. The van der Waals surface area contributed by atoms with Gasteiger partial charge in [-0.2, -0.15) is 5.26 Å². The van der Waals surface area contributed by atoms with Crippen LogP contribution in [0.3, 0.4) is 0 Å². The maximum Gasteiger partial charge on any atom is 0.271 e. The van der Waals surface area contributed by atoms with Crippen LogP contribution in [0.5, 0.6) is 17.2 Å². The molecule has 0 spiro atoms. The average Bonchev–Trinajstić information content (AvgIpc) is 3.08. The van der Waals surface area contributed by atoms with Crippen molar-refractivity contribution in [2.75, 3.05) is 20.2 Å². The minimum atomic E-state index is -0.577. The number of amides is 1. The smallest absolute Gasteiger partial charge is 0.271 e. The molecule has 3 rings (SSSR count). The van der Waals surface area contributed by atoms with E-state index in [1.54, 1.807) is 29.2 Å². The van der Waals surface area contributed by atoms with Crippen LogP contribution in [0.25, 0.3) is 6.08 Å². The molecule has 0 N–H and O–H groups in total. The van der Waals surface area contributed by atoms with Gasteiger partial charge in [0.1, 0.15) is 17.4 Å². The molecule has 1 fully saturated rings. The van der Waals surface area contributed by atoms with Crippen LogP contribution in [-0.4, -0.2) is 41.1 Å². The summed E-state index contributed by atoms with van der Waals surface area (Å²) < 4.78 is 11.2. The van der Waals surface area contributed by atoms with Gasteiger partial charge in [-0.3, -0.25) is 24.8 Å². The van der Waals surface area contributed by atoms with Crippen molar-refractivity contribution in [1.82, 2.24) is 4.90 Å². The van der Waals surface area contributed by atoms with Gasteiger partial charge in [-0.15, -0.1) is 0 Å². The number of nitro groups is 1. The van der Waals surface area contributed by atoms with E-state index in [-0.39, 0.29) is 22.9 Å². The number of amidine groups is 1. The topological polar surface area (TPSA) is 118 Å². The number of carbonyl (C=O) groups excluding carboxylic acids is 1. The van der Waals surface area contributed by atoms with Crippen molar-refractivity contribution in [3.8, 4) is 23.3 Å². The van der Waals surface area contributed by atoms with E-state index in [1.807, 2.05) is 19.9 Å². The SMILES string of the molecule is CCN=C1SC(=Cc2ccc(Oc3ccc([N+](=O)[O-])cc3C#N)c(OC)c2)C(=O)N1CC. The predicted molar refractivity (Wildman–Crippen MR) is 122 cm³/mol. The minimum Gasteiger partial charge on any atom is -0.493 e. The van der Waals surface area contributed by atoms with Gasteiger partial charge in [0.25, 0.3) is 11.6 Å². The summed E-state index contributed by atoms with van der Waals surface area (Å²) in [5, 5.41) is 20.9. The first-order valence-corrected chi connectivity index (χ1v) is 10.5. The van der Waals surface area contributed by atoms with E-state index >= 15 is 0 Å². The molecule has 2 aromatic rings. The molecular weight excluding hydrogens is 432 g/mol. The van der Waals surface area contributed by atoms with E-state index in [1.165, 1.54) is 31.0 Å². The Morgan fingerprint density at radius 3 is 2.59 bits per heavy atom. The number of benzene rings is 2. The molecule has 1 aliphatic heterocycles. The van der Waals surface area contributed by atoms with Crippen LogP contribution in [0, 0.1) is 21.4 Å². The Morgan fingerprint density at radius 2 is 1.97 bits per heavy atom. The highest BCUT2D eigenvalue weighted by Crippen LogP contribution is 2.37. The van der Waals surface area contributed by atoms with Crippen LogP contribution < -0.4 is 9.47 Å². The second kappa shape index (κ2) is 9.98. The molecule has 164 valence electrons. The van der Waals surface area contributed by atoms with Crippen LogP contribution >= 0.6 is 11.8 Å². The summed E-state index contributed by atoms with van der Waals surface area (Å²) in [7, 11) is 1.47. The van der Waals surface area contributed by atoms with Gasteiger partial charge < -0.3 is 9.47 Å². The highest BCUT2D eigenvalue weighted by molar-refractivity contribution is 8.18. The lowest BCUT2D eigenvalue weighted by Crippen LogP contribution is -2.28. The zero-order valence-electron chi connectivity index (χ0n) is 17.7. The van der Waals surface area contributed by atoms with Gasteiger partial charge in [0, 0.05) is 25.2 Å². The second-order valence-electron chi connectivity index (χ2n) is 6.48. The largest absolute Gasteiger partial charge is 0.493 e. The normalized spacial score (nSPS) is 15.8. The quantitative estimate of drug-likeness (QED) is 0.343. The number of nitrogens with zero attached hydrogens (tertiary/aromatic N) is 4. The standard InChI is InChI=1S/C22H20N4O5S/c1-4-24-22-25(5-2)21(27)20(32-22)11-14-6-8-18(19(10-14)30-3)31-17-9-7-16(26(28)29)12-15(17)13-23/h6-12H,4-5H2,1-3H3. The lowest BCUT2D eigenvalue weighted by atomic mass is 10.1. The summed E-state index contributed by atoms with van der Waals surface area (Å²) in [6, 6.07) is 10.8. The highest BCUT2D eigenvalue weighted by Gasteiger charge is 2.31. The van der Waals surface area contributed by atoms with Crippen molar-refractivity contribution in [3.63, 3.8) is 0 Å². The van der Waals surface area contributed by atoms with Gasteiger partial charge in [0.05, 0.1) is 16.9 Å². The number of non-ortho nitro benzene ring substituents is 1. The molecular formula is C22H20N4O5S. The molecule has 1 saturated heterocycles. The van der Waals surface area contributed by atoms with Crippen molar-refractivity contribution in [1.29, 1.82) is 5.26 Å². The van der Waals surface area contributed by atoms with E-state index < -0.39 is 4.92 Å². The number of carbonyl (C=O) groups is 1. The summed E-state index contributed by atoms with van der Waals surface area (Å²) >= 11 is 1.32. The fourth-order valence-corrected chi connectivity index (χ4v) is 4.08. The zero-order chi connectivity index (χ0) is 23.3. The van der Waals surface area contributed by atoms with Gasteiger partial charge in [-0.25, -0.2) is 0 Å². The monoisotopic (exact) mass is 452 g/mol. The first kappa shape index (κ1) is 22.8. The molecule has 0 aromatic heterocycles. The molecule has 9 nitrogen and oxygen atoms in total. The van der Waals surface area contributed by atoms with E-state index in [0.29, 0.717) is 34.7 Å². The molecule has 2 aromatic carbocycles. The number of ether oxygens (including phenoxy) is 2. The third-order valence-electron chi connectivity index (χ3n) is 4.50. The molecule has 0 aliphatic carbocycles. The molecule has 0 unspecified atom stereocenters. The van der Waals surface area contributed by atoms with Gasteiger partial charge in [-0.05, 0) is 55.4 Å². The third kappa shape index (κ3) is 4.73. The molecule has 10 heteroatoms. The van der Waals surface area contributed by atoms with Crippen LogP contribution in [0.2, 0.25) is 0 Å². The van der Waals surface area contributed by atoms with E-state index in [4.69, 9.17) is 9.47 Å². The van der Waals surface area contributed by atoms with Gasteiger partial charge in [-0.1, -0.05) is 6.07 Å². The number of nitriles is 1. The minimum absolute atomic E-state index is 0.0304. The number of rotatable bonds is 7. The van der Waals surface area contributed by atoms with E-state index in [2.05, 4.69) is 4.99 Å². The number of thioether (sulfide) groups is 1. The Bertz CT molecular complexity index is 1170. The number of likely N-dealkylation sites (N-methyl/N-ethyl adjacent to an activating group) is 1. The summed E-state index contributed by atoms with van der Waals surface area (Å²) in [6.07, 6.45) is 1.76. The number of hydrogen-bond acceptors (Lipinski definition) is 8.